The highest BCUT2D eigenvalue weighted by Gasteiger charge is 2.21. The van der Waals surface area contributed by atoms with Crippen LogP contribution in [0.25, 0.3) is 0 Å². The molecule has 7 nitrogen and oxygen atoms in total. The van der Waals surface area contributed by atoms with Gasteiger partial charge in [-0.2, -0.15) is 0 Å². The molecule has 28 heavy (non-hydrogen) atoms. The summed E-state index contributed by atoms with van der Waals surface area (Å²) in [6.07, 6.45) is -1.03. The zero-order chi connectivity index (χ0) is 20.8. The van der Waals surface area contributed by atoms with Crippen LogP contribution in [0, 0.1) is 6.92 Å². The van der Waals surface area contributed by atoms with Crippen molar-refractivity contribution in [2.75, 3.05) is 19.5 Å². The first-order chi connectivity index (χ1) is 13.3. The monoisotopic (exact) mass is 385 g/mol. The van der Waals surface area contributed by atoms with Gasteiger partial charge in [0.25, 0.3) is 5.91 Å². The molecule has 0 spiro atoms. The number of hydrogen-bond donors (Lipinski definition) is 1. The van der Waals surface area contributed by atoms with Crippen molar-refractivity contribution in [3.63, 3.8) is 0 Å². The van der Waals surface area contributed by atoms with Crippen LogP contribution >= 0.6 is 0 Å². The first-order valence-electron chi connectivity index (χ1n) is 8.62. The molecule has 0 aliphatic heterocycles. The fourth-order valence-corrected chi connectivity index (χ4v) is 2.52. The lowest BCUT2D eigenvalue weighted by molar-refractivity contribution is -0.123. The molecule has 2 rings (SSSR count). The fourth-order valence-electron chi connectivity index (χ4n) is 2.52. The summed E-state index contributed by atoms with van der Waals surface area (Å²) in [5.74, 6) is -0.270. The number of Topliss-reactive ketones (excluding diaryl/α,β-unsaturated/α-hetero) is 1. The van der Waals surface area contributed by atoms with Crippen LogP contribution in [0.4, 0.5) is 5.69 Å². The lowest BCUT2D eigenvalue weighted by Gasteiger charge is -2.15. The average Bonchev–Trinajstić information content (AvgIpc) is 2.68. The summed E-state index contributed by atoms with van der Waals surface area (Å²) in [4.78, 5) is 36.0. The van der Waals surface area contributed by atoms with Crippen LogP contribution in [0.2, 0.25) is 0 Å². The predicted molar refractivity (Wildman–Crippen MR) is 104 cm³/mol. The van der Waals surface area contributed by atoms with Crippen LogP contribution in [0.5, 0.6) is 11.5 Å². The largest absolute Gasteiger partial charge is 0.496 e. The molecular formula is C21H23NO6. The van der Waals surface area contributed by atoms with Crippen LogP contribution in [-0.2, 0) is 9.53 Å². The molecule has 1 N–H and O–H groups in total. The van der Waals surface area contributed by atoms with Gasteiger partial charge in [-0.05, 0) is 57.2 Å². The van der Waals surface area contributed by atoms with E-state index in [0.717, 1.165) is 5.56 Å². The molecule has 2 aromatic rings. The molecule has 0 aliphatic rings. The first kappa shape index (κ1) is 21.0. The second-order valence-electron chi connectivity index (χ2n) is 6.18. The number of esters is 1. The summed E-state index contributed by atoms with van der Waals surface area (Å²) in [5.41, 5.74) is 2.00. The van der Waals surface area contributed by atoms with E-state index in [-0.39, 0.29) is 11.3 Å². The topological polar surface area (TPSA) is 90.9 Å². The molecule has 0 bridgehead atoms. The SMILES string of the molecule is COc1cc(C(=O)O[C@H](C)C(=O)Nc2ccc(C(C)=O)cc2)cc(OC)c1C. The number of anilines is 1. The summed E-state index contributed by atoms with van der Waals surface area (Å²) >= 11 is 0. The Kier molecular flexibility index (Phi) is 6.76. The smallest absolute Gasteiger partial charge is 0.339 e. The van der Waals surface area contributed by atoms with Crippen LogP contribution < -0.4 is 14.8 Å². The van der Waals surface area contributed by atoms with Gasteiger partial charge in [-0.15, -0.1) is 0 Å². The number of rotatable bonds is 7. The van der Waals surface area contributed by atoms with Crippen molar-refractivity contribution in [2.45, 2.75) is 26.9 Å². The van der Waals surface area contributed by atoms with E-state index in [1.807, 2.05) is 0 Å². The number of ketones is 1. The van der Waals surface area contributed by atoms with Crippen LogP contribution in [0.3, 0.4) is 0 Å². The highest BCUT2D eigenvalue weighted by Crippen LogP contribution is 2.29. The Hall–Kier alpha value is -3.35. The van der Waals surface area contributed by atoms with Crippen molar-refractivity contribution >= 4 is 23.3 Å². The molecule has 2 aromatic carbocycles. The Morgan fingerprint density at radius 2 is 1.46 bits per heavy atom. The maximum atomic E-state index is 12.4. The van der Waals surface area contributed by atoms with E-state index in [1.165, 1.54) is 40.2 Å². The second-order valence-corrected chi connectivity index (χ2v) is 6.18. The van der Waals surface area contributed by atoms with E-state index >= 15 is 0 Å². The zero-order valence-electron chi connectivity index (χ0n) is 16.5. The van der Waals surface area contributed by atoms with Gasteiger partial charge < -0.3 is 19.5 Å². The van der Waals surface area contributed by atoms with Crippen LogP contribution in [0.1, 0.15) is 40.1 Å². The standard InChI is InChI=1S/C21H23NO6/c1-12-18(26-4)10-16(11-19(12)27-5)21(25)28-14(3)20(24)22-17-8-6-15(7-9-17)13(2)23/h6-11,14H,1-5H3,(H,22,24)/t14-/m1/s1. The summed E-state index contributed by atoms with van der Waals surface area (Å²) in [6.45, 7) is 4.74. The number of methoxy groups -OCH3 is 2. The number of ether oxygens (including phenoxy) is 3. The Bertz CT molecular complexity index is 863. The van der Waals surface area contributed by atoms with Crippen molar-refractivity contribution in [2.24, 2.45) is 0 Å². The van der Waals surface area contributed by atoms with Crippen molar-refractivity contribution in [3.05, 3.63) is 53.1 Å². The molecule has 0 fully saturated rings. The summed E-state index contributed by atoms with van der Waals surface area (Å²) in [7, 11) is 2.98. The average molecular weight is 385 g/mol. The minimum atomic E-state index is -1.03. The van der Waals surface area contributed by atoms with Crippen molar-refractivity contribution in [3.8, 4) is 11.5 Å². The molecule has 0 saturated carbocycles. The molecule has 0 aromatic heterocycles. The van der Waals surface area contributed by atoms with E-state index in [2.05, 4.69) is 5.32 Å². The third-order valence-corrected chi connectivity index (χ3v) is 4.20. The number of amides is 1. The third kappa shape index (κ3) is 4.88. The molecule has 0 aliphatic carbocycles. The van der Waals surface area contributed by atoms with Gasteiger partial charge in [0.1, 0.15) is 11.5 Å². The van der Waals surface area contributed by atoms with Gasteiger partial charge in [-0.25, -0.2) is 4.79 Å². The van der Waals surface area contributed by atoms with E-state index in [4.69, 9.17) is 14.2 Å². The van der Waals surface area contributed by atoms with Gasteiger partial charge in [0, 0.05) is 16.8 Å². The number of nitrogens with one attached hydrogen (secondary N) is 1. The molecular weight excluding hydrogens is 362 g/mol. The highest BCUT2D eigenvalue weighted by molar-refractivity contribution is 5.98. The summed E-state index contributed by atoms with van der Waals surface area (Å²) in [5, 5.41) is 2.64. The molecule has 0 saturated heterocycles. The minimum absolute atomic E-state index is 0.0656. The molecule has 0 radical (unpaired) electrons. The second kappa shape index (κ2) is 9.03. The normalized spacial score (nSPS) is 11.3. The van der Waals surface area contributed by atoms with Crippen molar-refractivity contribution in [1.82, 2.24) is 0 Å². The quantitative estimate of drug-likeness (QED) is 0.580. The van der Waals surface area contributed by atoms with E-state index in [1.54, 1.807) is 31.2 Å². The van der Waals surface area contributed by atoms with Gasteiger partial charge in [0.05, 0.1) is 19.8 Å². The number of carbonyl (C=O) groups excluding carboxylic acids is 3. The molecule has 1 atom stereocenters. The molecule has 0 heterocycles. The zero-order valence-corrected chi connectivity index (χ0v) is 16.5. The third-order valence-electron chi connectivity index (χ3n) is 4.20. The lowest BCUT2D eigenvalue weighted by atomic mass is 10.1. The molecule has 148 valence electrons. The van der Waals surface area contributed by atoms with Gasteiger partial charge >= 0.3 is 5.97 Å². The first-order valence-corrected chi connectivity index (χ1v) is 8.62. The summed E-state index contributed by atoms with van der Waals surface area (Å²) < 4.78 is 15.7. The Labute approximate surface area is 163 Å². The van der Waals surface area contributed by atoms with Crippen LogP contribution in [0.15, 0.2) is 36.4 Å². The van der Waals surface area contributed by atoms with E-state index in [0.29, 0.717) is 22.7 Å². The maximum Gasteiger partial charge on any atom is 0.339 e. The van der Waals surface area contributed by atoms with Gasteiger partial charge in [-0.1, -0.05) is 0 Å². The maximum absolute atomic E-state index is 12.4. The van der Waals surface area contributed by atoms with E-state index in [9.17, 15) is 14.4 Å². The van der Waals surface area contributed by atoms with Gasteiger partial charge in [-0.3, -0.25) is 9.59 Å². The van der Waals surface area contributed by atoms with Crippen LogP contribution in [-0.4, -0.2) is 38.0 Å². The highest BCUT2D eigenvalue weighted by atomic mass is 16.5. The minimum Gasteiger partial charge on any atom is -0.496 e. The Morgan fingerprint density at radius 1 is 0.929 bits per heavy atom. The Morgan fingerprint density at radius 3 is 1.93 bits per heavy atom. The van der Waals surface area contributed by atoms with Crippen molar-refractivity contribution < 1.29 is 28.6 Å². The number of carbonyl (C=O) groups is 3. The van der Waals surface area contributed by atoms with Gasteiger partial charge in [0.15, 0.2) is 11.9 Å². The van der Waals surface area contributed by atoms with Crippen molar-refractivity contribution in [1.29, 1.82) is 0 Å². The number of hydrogen-bond acceptors (Lipinski definition) is 6. The molecule has 0 unspecified atom stereocenters. The predicted octanol–water partition coefficient (Wildman–Crippen LogP) is 3.40. The lowest BCUT2D eigenvalue weighted by Crippen LogP contribution is -2.30. The Balaban J connectivity index is 2.07. The molecule has 1 amide bonds. The van der Waals surface area contributed by atoms with E-state index < -0.39 is 18.0 Å². The molecule has 7 heteroatoms. The summed E-state index contributed by atoms with van der Waals surface area (Å²) in [6, 6.07) is 9.51. The fraction of sp³-hybridized carbons (Fsp3) is 0.286. The van der Waals surface area contributed by atoms with Gasteiger partial charge in [0.2, 0.25) is 0 Å². The number of benzene rings is 2.